The zero-order valence-electron chi connectivity index (χ0n) is 20.5. The molecule has 1 aliphatic carbocycles. The number of fused-ring (bicyclic) bond motifs is 1. The molecule has 0 saturated heterocycles. The van der Waals surface area contributed by atoms with Crippen LogP contribution in [-0.2, 0) is 14.3 Å². The number of ketones is 1. The van der Waals surface area contributed by atoms with Crippen LogP contribution in [0.25, 0.3) is 0 Å². The van der Waals surface area contributed by atoms with Gasteiger partial charge in [-0.3, -0.25) is 14.5 Å². The summed E-state index contributed by atoms with van der Waals surface area (Å²) in [6.45, 7) is 4.89. The van der Waals surface area contributed by atoms with E-state index in [1.54, 1.807) is 30.3 Å². The maximum atomic E-state index is 13.8. The van der Waals surface area contributed by atoms with Gasteiger partial charge in [0.05, 0.1) is 31.2 Å². The highest BCUT2D eigenvalue weighted by Gasteiger charge is 2.52. The molecule has 3 heterocycles. The zero-order valence-corrected chi connectivity index (χ0v) is 20.5. The fourth-order valence-electron chi connectivity index (χ4n) is 5.27. The van der Waals surface area contributed by atoms with E-state index in [-0.39, 0.29) is 29.5 Å². The Kier molecular flexibility index (Phi) is 6.50. The van der Waals surface area contributed by atoms with Crippen molar-refractivity contribution < 1.29 is 23.8 Å². The fraction of sp³-hybridized carbons (Fsp3) is 0.464. The fourth-order valence-corrected chi connectivity index (χ4v) is 5.27. The van der Waals surface area contributed by atoms with Crippen LogP contribution in [0.5, 0.6) is 11.5 Å². The molecule has 2 aromatic rings. The second-order valence-corrected chi connectivity index (χ2v) is 9.86. The summed E-state index contributed by atoms with van der Waals surface area (Å²) in [7, 11) is 1.59. The third kappa shape index (κ3) is 4.28. The molecule has 1 aromatic heterocycles. The average Bonchev–Trinajstić information content (AvgIpc) is 3.17. The van der Waals surface area contributed by atoms with E-state index < -0.39 is 6.04 Å². The van der Waals surface area contributed by atoms with Crippen molar-refractivity contribution in [3.05, 3.63) is 59.5 Å². The van der Waals surface area contributed by atoms with Crippen LogP contribution in [0.15, 0.2) is 53.9 Å². The van der Waals surface area contributed by atoms with Gasteiger partial charge in [-0.25, -0.2) is 4.98 Å². The summed E-state index contributed by atoms with van der Waals surface area (Å²) in [4.78, 5) is 33.5. The minimum absolute atomic E-state index is 0.0176. The molecule has 0 N–H and O–H groups in total. The van der Waals surface area contributed by atoms with Crippen LogP contribution in [0.3, 0.4) is 0 Å². The molecule has 1 saturated carbocycles. The molecule has 1 aromatic carbocycles. The zero-order chi connectivity index (χ0) is 24.5. The molecular formula is C28H32N2O5. The molecule has 0 spiro atoms. The molecule has 3 atom stereocenters. The van der Waals surface area contributed by atoms with Crippen molar-refractivity contribution in [3.63, 3.8) is 0 Å². The number of amides is 1. The highest BCUT2D eigenvalue weighted by Crippen LogP contribution is 2.48. The number of hydrogen-bond donors (Lipinski definition) is 0. The maximum absolute atomic E-state index is 13.8. The first-order valence-corrected chi connectivity index (χ1v) is 12.5. The summed E-state index contributed by atoms with van der Waals surface area (Å²) in [5.74, 6) is 1.87. The number of ether oxygens (including phenoxy) is 3. The summed E-state index contributed by atoms with van der Waals surface area (Å²) in [5.41, 5.74) is 1.19. The SMILES string of the molecule is COc1cc(C2C3=C(OC4CCCCC4C3=O)C(=O)N2c2ccccn2)ccc1OCCC(C)C. The van der Waals surface area contributed by atoms with E-state index in [4.69, 9.17) is 14.2 Å². The number of nitrogens with zero attached hydrogens (tertiary/aromatic N) is 2. The number of anilines is 1. The first-order valence-electron chi connectivity index (χ1n) is 12.5. The molecule has 1 amide bonds. The molecular weight excluding hydrogens is 444 g/mol. The van der Waals surface area contributed by atoms with Crippen molar-refractivity contribution in [3.8, 4) is 11.5 Å². The number of carbonyl (C=O) groups is 2. The van der Waals surface area contributed by atoms with Crippen LogP contribution in [-0.4, -0.2) is 36.5 Å². The summed E-state index contributed by atoms with van der Waals surface area (Å²) in [6.07, 6.45) is 5.94. The predicted octanol–water partition coefficient (Wildman–Crippen LogP) is 5.02. The number of aromatic nitrogens is 1. The Morgan fingerprint density at radius 2 is 1.94 bits per heavy atom. The van der Waals surface area contributed by atoms with Gasteiger partial charge in [0, 0.05) is 6.20 Å². The highest BCUT2D eigenvalue weighted by molar-refractivity contribution is 6.17. The van der Waals surface area contributed by atoms with Gasteiger partial charge in [-0.05, 0) is 61.4 Å². The molecule has 5 rings (SSSR count). The number of rotatable bonds is 7. The summed E-state index contributed by atoms with van der Waals surface area (Å²) in [6, 6.07) is 10.4. The minimum atomic E-state index is -0.638. The normalized spacial score (nSPS) is 23.8. The average molecular weight is 477 g/mol. The van der Waals surface area contributed by atoms with Crippen LogP contribution >= 0.6 is 0 Å². The first-order chi connectivity index (χ1) is 17.0. The van der Waals surface area contributed by atoms with Gasteiger partial charge in [0.2, 0.25) is 0 Å². The predicted molar refractivity (Wildman–Crippen MR) is 131 cm³/mol. The van der Waals surface area contributed by atoms with Crippen LogP contribution in [0.1, 0.15) is 57.6 Å². The van der Waals surface area contributed by atoms with E-state index in [2.05, 4.69) is 18.8 Å². The lowest BCUT2D eigenvalue weighted by Crippen LogP contribution is -2.39. The Bertz CT molecular complexity index is 1140. The lowest BCUT2D eigenvalue weighted by Gasteiger charge is -2.35. The van der Waals surface area contributed by atoms with Crippen LogP contribution in [0.2, 0.25) is 0 Å². The second kappa shape index (κ2) is 9.72. The summed E-state index contributed by atoms with van der Waals surface area (Å²) >= 11 is 0. The van der Waals surface area contributed by atoms with Crippen LogP contribution < -0.4 is 14.4 Å². The van der Waals surface area contributed by atoms with Crippen molar-refractivity contribution in [2.24, 2.45) is 11.8 Å². The van der Waals surface area contributed by atoms with Gasteiger partial charge >= 0.3 is 0 Å². The molecule has 3 aliphatic rings. The van der Waals surface area contributed by atoms with Gasteiger partial charge < -0.3 is 14.2 Å². The lowest BCUT2D eigenvalue weighted by molar-refractivity contribution is -0.131. The van der Waals surface area contributed by atoms with Gasteiger partial charge in [0.25, 0.3) is 5.91 Å². The Balaban J connectivity index is 1.56. The highest BCUT2D eigenvalue weighted by atomic mass is 16.5. The van der Waals surface area contributed by atoms with Crippen molar-refractivity contribution in [1.82, 2.24) is 4.98 Å². The third-order valence-electron chi connectivity index (χ3n) is 7.12. The van der Waals surface area contributed by atoms with Gasteiger partial charge in [-0.15, -0.1) is 0 Å². The number of hydrogen-bond acceptors (Lipinski definition) is 6. The van der Waals surface area contributed by atoms with E-state index in [0.717, 1.165) is 37.7 Å². The van der Waals surface area contributed by atoms with Crippen LogP contribution in [0, 0.1) is 11.8 Å². The van der Waals surface area contributed by atoms with Crippen molar-refractivity contribution in [2.75, 3.05) is 18.6 Å². The van der Waals surface area contributed by atoms with Gasteiger partial charge in [0.1, 0.15) is 11.9 Å². The molecule has 2 aliphatic heterocycles. The van der Waals surface area contributed by atoms with E-state index in [1.165, 1.54) is 0 Å². The van der Waals surface area contributed by atoms with Gasteiger partial charge in [-0.2, -0.15) is 0 Å². The van der Waals surface area contributed by atoms with E-state index in [0.29, 0.717) is 35.4 Å². The number of benzene rings is 1. The summed E-state index contributed by atoms with van der Waals surface area (Å²) in [5, 5.41) is 0. The molecule has 35 heavy (non-hydrogen) atoms. The smallest absolute Gasteiger partial charge is 0.295 e. The standard InChI is InChI=1S/C28H32N2O5/c1-17(2)13-15-34-21-12-11-18(16-22(21)33-3)25-24-26(31)19-8-4-5-9-20(19)35-27(24)28(32)30(25)23-10-6-7-14-29-23/h6-7,10-12,14,16-17,19-20,25H,4-5,8-9,13,15H2,1-3H3. The van der Waals surface area contributed by atoms with E-state index >= 15 is 0 Å². The molecule has 0 bridgehead atoms. The van der Waals surface area contributed by atoms with E-state index in [1.807, 2.05) is 24.3 Å². The Morgan fingerprint density at radius 1 is 1.11 bits per heavy atom. The minimum Gasteiger partial charge on any atom is -0.493 e. The summed E-state index contributed by atoms with van der Waals surface area (Å²) < 4.78 is 17.8. The second-order valence-electron chi connectivity index (χ2n) is 9.86. The Hall–Kier alpha value is -3.35. The monoisotopic (exact) mass is 476 g/mol. The maximum Gasteiger partial charge on any atom is 0.295 e. The molecule has 0 radical (unpaired) electrons. The number of carbonyl (C=O) groups excluding carboxylic acids is 2. The van der Waals surface area contributed by atoms with Gasteiger partial charge in [-0.1, -0.05) is 32.4 Å². The number of Topliss-reactive ketones (excluding diaryl/α,β-unsaturated/α-hetero) is 1. The van der Waals surface area contributed by atoms with Gasteiger partial charge in [0.15, 0.2) is 23.0 Å². The topological polar surface area (TPSA) is 78.0 Å². The van der Waals surface area contributed by atoms with Crippen molar-refractivity contribution in [2.45, 2.75) is 58.1 Å². The molecule has 1 fully saturated rings. The lowest BCUT2D eigenvalue weighted by atomic mass is 9.77. The largest absolute Gasteiger partial charge is 0.493 e. The molecule has 7 nitrogen and oxygen atoms in total. The van der Waals surface area contributed by atoms with E-state index in [9.17, 15) is 9.59 Å². The molecule has 184 valence electrons. The quantitative estimate of drug-likeness (QED) is 0.559. The first kappa shape index (κ1) is 23.4. The Morgan fingerprint density at radius 3 is 2.69 bits per heavy atom. The van der Waals surface area contributed by atoms with Crippen molar-refractivity contribution >= 4 is 17.5 Å². The van der Waals surface area contributed by atoms with Crippen molar-refractivity contribution in [1.29, 1.82) is 0 Å². The Labute approximate surface area is 206 Å². The van der Waals surface area contributed by atoms with Crippen LogP contribution in [0.4, 0.5) is 5.82 Å². The third-order valence-corrected chi connectivity index (χ3v) is 7.12. The molecule has 3 unspecified atom stereocenters. The number of methoxy groups -OCH3 is 1. The number of pyridine rings is 1. The molecule has 7 heteroatoms.